The molecule has 1 heterocycles. The van der Waals surface area contributed by atoms with Gasteiger partial charge >= 0.3 is 0 Å². The number of aryl methyl sites for hydroxylation is 1. The first-order chi connectivity index (χ1) is 9.43. The number of anilines is 1. The normalized spacial score (nSPS) is 11.8. The summed E-state index contributed by atoms with van der Waals surface area (Å²) in [6.45, 7) is 4.44. The second-order valence-corrected chi connectivity index (χ2v) is 4.67. The number of carbonyl (C=O) groups excluding carboxylic acids is 1. The lowest BCUT2D eigenvalue weighted by atomic mass is 10.3. The van der Waals surface area contributed by atoms with E-state index in [1.54, 1.807) is 27.0 Å². The van der Waals surface area contributed by atoms with Crippen LogP contribution in [0, 0.1) is 6.92 Å². The molecule has 0 aliphatic rings. The first kappa shape index (κ1) is 16.3. The summed E-state index contributed by atoms with van der Waals surface area (Å²) in [6.07, 6.45) is 0. The fourth-order valence-corrected chi connectivity index (χ4v) is 1.55. The van der Waals surface area contributed by atoms with E-state index in [1.807, 2.05) is 0 Å². The van der Waals surface area contributed by atoms with Crippen LogP contribution >= 0.6 is 12.2 Å². The van der Waals surface area contributed by atoms with Crippen molar-refractivity contribution in [3.8, 4) is 0 Å². The molecule has 1 aromatic rings. The number of nitrogens with two attached hydrogens (primary N) is 1. The van der Waals surface area contributed by atoms with Gasteiger partial charge < -0.3 is 21.1 Å². The van der Waals surface area contributed by atoms with Crippen LogP contribution in [0.1, 0.15) is 18.3 Å². The molecular formula is C12H19N5O2S. The van der Waals surface area contributed by atoms with Crippen LogP contribution in [-0.2, 0) is 9.53 Å². The molecule has 0 aliphatic carbocycles. The van der Waals surface area contributed by atoms with Crippen LogP contribution < -0.4 is 16.4 Å². The fraction of sp³-hybridized carbons (Fsp3) is 0.500. The number of aromatic nitrogens is 2. The van der Waals surface area contributed by atoms with Gasteiger partial charge in [-0.05, 0) is 19.9 Å². The van der Waals surface area contributed by atoms with Crippen molar-refractivity contribution >= 4 is 29.1 Å². The lowest BCUT2D eigenvalue weighted by molar-refractivity contribution is -0.121. The first-order valence-electron chi connectivity index (χ1n) is 6.12. The molecule has 7 nitrogen and oxygen atoms in total. The van der Waals surface area contributed by atoms with Crippen LogP contribution in [-0.4, -0.2) is 47.2 Å². The van der Waals surface area contributed by atoms with Crippen molar-refractivity contribution in [1.29, 1.82) is 0 Å². The van der Waals surface area contributed by atoms with Crippen LogP contribution in [0.25, 0.3) is 0 Å². The van der Waals surface area contributed by atoms with Crippen molar-refractivity contribution in [2.45, 2.75) is 19.9 Å². The summed E-state index contributed by atoms with van der Waals surface area (Å²) < 4.78 is 4.86. The van der Waals surface area contributed by atoms with Gasteiger partial charge in [0, 0.05) is 19.3 Å². The average Bonchev–Trinajstić information content (AvgIpc) is 2.38. The zero-order chi connectivity index (χ0) is 15.1. The molecule has 0 aromatic carbocycles. The summed E-state index contributed by atoms with van der Waals surface area (Å²) in [5, 5.41) is 5.64. The number of hydrogen-bond donors (Lipinski definition) is 3. The number of methoxy groups -OCH3 is 1. The SMILES string of the molecule is COCCNC(=O)C(C)Nc1nc(C)cc(C(N)=S)n1. The van der Waals surface area contributed by atoms with Crippen LogP contribution in [0.3, 0.4) is 0 Å². The van der Waals surface area contributed by atoms with Gasteiger partial charge in [0.1, 0.15) is 16.7 Å². The predicted molar refractivity (Wildman–Crippen MR) is 80.6 cm³/mol. The van der Waals surface area contributed by atoms with E-state index in [4.69, 9.17) is 22.7 Å². The Labute approximate surface area is 123 Å². The molecule has 0 bridgehead atoms. The zero-order valence-electron chi connectivity index (χ0n) is 11.8. The standard InChI is InChI=1S/C12H19N5O2S/c1-7-6-9(10(13)20)17-12(15-7)16-8(2)11(18)14-4-5-19-3/h6,8H,4-5H2,1-3H3,(H2,13,20)(H,14,18)(H,15,16,17). The molecule has 0 aliphatic heterocycles. The highest BCUT2D eigenvalue weighted by atomic mass is 32.1. The van der Waals surface area contributed by atoms with Gasteiger partial charge in [-0.25, -0.2) is 9.97 Å². The van der Waals surface area contributed by atoms with Crippen molar-refractivity contribution in [3.05, 3.63) is 17.5 Å². The molecule has 0 radical (unpaired) electrons. The minimum absolute atomic E-state index is 0.163. The summed E-state index contributed by atoms with van der Waals surface area (Å²) in [6, 6.07) is 1.21. The number of thiocarbonyl (C=S) groups is 1. The third-order valence-corrected chi connectivity index (χ3v) is 2.66. The maximum absolute atomic E-state index is 11.8. The third-order valence-electron chi connectivity index (χ3n) is 2.45. The quantitative estimate of drug-likeness (QED) is 0.480. The Kier molecular flexibility index (Phi) is 6.26. The third kappa shape index (κ3) is 5.06. The number of nitrogens with one attached hydrogen (secondary N) is 2. The van der Waals surface area contributed by atoms with E-state index in [2.05, 4.69) is 20.6 Å². The topological polar surface area (TPSA) is 102 Å². The van der Waals surface area contributed by atoms with Crippen LogP contribution in [0.5, 0.6) is 0 Å². The summed E-state index contributed by atoms with van der Waals surface area (Å²) >= 11 is 4.88. The highest BCUT2D eigenvalue weighted by Gasteiger charge is 2.14. The van der Waals surface area contributed by atoms with E-state index in [0.717, 1.165) is 5.69 Å². The highest BCUT2D eigenvalue weighted by Crippen LogP contribution is 2.06. The lowest BCUT2D eigenvalue weighted by Crippen LogP contribution is -2.39. The Bertz CT molecular complexity index is 495. The number of hydrogen-bond acceptors (Lipinski definition) is 6. The molecule has 1 amide bonds. The van der Waals surface area contributed by atoms with Gasteiger partial charge in [-0.2, -0.15) is 0 Å². The monoisotopic (exact) mass is 297 g/mol. The number of carbonyl (C=O) groups is 1. The minimum atomic E-state index is -0.479. The molecule has 0 spiro atoms. The van der Waals surface area contributed by atoms with Crippen LogP contribution in [0.4, 0.5) is 5.95 Å². The van der Waals surface area contributed by atoms with Gasteiger partial charge in [-0.1, -0.05) is 12.2 Å². The Morgan fingerprint density at radius 2 is 2.25 bits per heavy atom. The molecule has 1 aromatic heterocycles. The number of nitrogens with zero attached hydrogens (tertiary/aromatic N) is 2. The van der Waals surface area contributed by atoms with Gasteiger partial charge in [0.05, 0.1) is 6.61 Å². The molecule has 0 saturated carbocycles. The highest BCUT2D eigenvalue weighted by molar-refractivity contribution is 7.80. The van der Waals surface area contributed by atoms with Gasteiger partial charge in [-0.15, -0.1) is 0 Å². The molecule has 0 fully saturated rings. The van der Waals surface area contributed by atoms with E-state index in [9.17, 15) is 4.79 Å². The van der Waals surface area contributed by atoms with Gasteiger partial charge in [0.25, 0.3) is 0 Å². The maximum Gasteiger partial charge on any atom is 0.242 e. The molecule has 4 N–H and O–H groups in total. The van der Waals surface area contributed by atoms with Crippen molar-refractivity contribution in [1.82, 2.24) is 15.3 Å². The molecule has 8 heteroatoms. The summed E-state index contributed by atoms with van der Waals surface area (Å²) in [5.74, 6) is 0.159. The maximum atomic E-state index is 11.8. The van der Waals surface area contributed by atoms with Gasteiger partial charge in [0.2, 0.25) is 11.9 Å². The van der Waals surface area contributed by atoms with E-state index < -0.39 is 6.04 Å². The predicted octanol–water partition coefficient (Wildman–Crippen LogP) is -0.0178. The van der Waals surface area contributed by atoms with Crippen molar-refractivity contribution in [2.75, 3.05) is 25.6 Å². The number of amides is 1. The summed E-state index contributed by atoms with van der Waals surface area (Å²) in [5.41, 5.74) is 6.74. The van der Waals surface area contributed by atoms with E-state index >= 15 is 0 Å². The Balaban J connectivity index is 2.67. The molecule has 1 rings (SSSR count). The molecule has 20 heavy (non-hydrogen) atoms. The number of rotatable bonds is 7. The van der Waals surface area contributed by atoms with Crippen molar-refractivity contribution in [3.63, 3.8) is 0 Å². The van der Waals surface area contributed by atoms with Crippen molar-refractivity contribution < 1.29 is 9.53 Å². The smallest absolute Gasteiger partial charge is 0.242 e. The fourth-order valence-electron chi connectivity index (χ4n) is 1.45. The van der Waals surface area contributed by atoms with Crippen molar-refractivity contribution in [2.24, 2.45) is 5.73 Å². The summed E-state index contributed by atoms with van der Waals surface area (Å²) in [7, 11) is 1.58. The van der Waals surface area contributed by atoms with Gasteiger partial charge in [-0.3, -0.25) is 4.79 Å². The minimum Gasteiger partial charge on any atom is -0.388 e. The molecule has 1 atom stereocenters. The first-order valence-corrected chi connectivity index (χ1v) is 6.53. The van der Waals surface area contributed by atoms with Crippen LogP contribution in [0.15, 0.2) is 6.07 Å². The Hall–Kier alpha value is -1.80. The van der Waals surface area contributed by atoms with E-state index in [0.29, 0.717) is 24.8 Å². The van der Waals surface area contributed by atoms with E-state index in [-0.39, 0.29) is 10.9 Å². The Morgan fingerprint density at radius 1 is 1.55 bits per heavy atom. The molecule has 1 unspecified atom stereocenters. The van der Waals surface area contributed by atoms with Crippen LogP contribution in [0.2, 0.25) is 0 Å². The molecular weight excluding hydrogens is 278 g/mol. The zero-order valence-corrected chi connectivity index (χ0v) is 12.6. The second kappa shape index (κ2) is 7.71. The Morgan fingerprint density at radius 3 is 2.85 bits per heavy atom. The number of ether oxygens (including phenoxy) is 1. The van der Waals surface area contributed by atoms with Gasteiger partial charge in [0.15, 0.2) is 0 Å². The van der Waals surface area contributed by atoms with E-state index in [1.165, 1.54) is 0 Å². The summed E-state index contributed by atoms with van der Waals surface area (Å²) in [4.78, 5) is 20.3. The largest absolute Gasteiger partial charge is 0.388 e. The second-order valence-electron chi connectivity index (χ2n) is 4.23. The molecule has 0 saturated heterocycles. The lowest BCUT2D eigenvalue weighted by Gasteiger charge is -2.14. The molecule has 110 valence electrons. The average molecular weight is 297 g/mol.